The minimum absolute atomic E-state index is 0.0829. The topological polar surface area (TPSA) is 98.0 Å². The molecule has 3 aliphatic carbocycles. The number of nitrogens with one attached hydrogen (secondary N) is 1. The Morgan fingerprint density at radius 1 is 0.951 bits per heavy atom. The molecular weight excluding hydrogens is 532 g/mol. The van der Waals surface area contributed by atoms with Crippen LogP contribution in [0.3, 0.4) is 0 Å². The Kier molecular flexibility index (Phi) is 5.83. The summed E-state index contributed by atoms with van der Waals surface area (Å²) in [6.45, 7) is 1.86. The first-order valence-corrected chi connectivity index (χ1v) is 14.4. The van der Waals surface area contributed by atoms with Gasteiger partial charge in [0.2, 0.25) is 5.91 Å². The third kappa shape index (κ3) is 3.89. The highest BCUT2D eigenvalue weighted by molar-refractivity contribution is 7.13. The number of rotatable bonds is 6. The summed E-state index contributed by atoms with van der Waals surface area (Å²) in [5.41, 5.74) is 4.75. The summed E-state index contributed by atoms with van der Waals surface area (Å²) in [6, 6.07) is 27.3. The van der Waals surface area contributed by atoms with E-state index in [1.54, 1.807) is 12.4 Å². The highest BCUT2D eigenvalue weighted by Crippen LogP contribution is 2.64. The van der Waals surface area contributed by atoms with Gasteiger partial charge in [0, 0.05) is 52.6 Å². The number of thiazole rings is 1. The lowest BCUT2D eigenvalue weighted by molar-refractivity contribution is -0.573. The lowest BCUT2D eigenvalue weighted by Gasteiger charge is -2.52. The summed E-state index contributed by atoms with van der Waals surface area (Å²) in [5, 5.41) is 18.3. The van der Waals surface area contributed by atoms with E-state index in [2.05, 4.69) is 34.6 Å². The second-order valence-electron chi connectivity index (χ2n) is 11.0. The Bertz CT molecular complexity index is 1750. The molecule has 202 valence electrons. The highest BCUT2D eigenvalue weighted by atomic mass is 32.1. The molecule has 5 aromatic rings. The molecule has 1 N–H and O–H groups in total. The molecule has 1 atom stereocenters. The fourth-order valence-electron chi connectivity index (χ4n) is 6.80. The molecule has 0 aliphatic heterocycles. The van der Waals surface area contributed by atoms with Crippen molar-refractivity contribution in [2.75, 3.05) is 5.32 Å². The highest BCUT2D eigenvalue weighted by Gasteiger charge is 2.67. The van der Waals surface area contributed by atoms with Gasteiger partial charge in [-0.05, 0) is 46.9 Å². The Balaban J connectivity index is 1.16. The molecule has 2 heterocycles. The van der Waals surface area contributed by atoms with Crippen LogP contribution in [-0.4, -0.2) is 20.8 Å². The van der Waals surface area contributed by atoms with E-state index in [0.29, 0.717) is 22.7 Å². The van der Waals surface area contributed by atoms with Crippen molar-refractivity contribution in [2.45, 2.75) is 31.2 Å². The van der Waals surface area contributed by atoms with E-state index in [9.17, 15) is 14.9 Å². The standard InChI is InChI=1S/C33H26N4O3S/c1-32(20-33(37(39)40)27-8-4-2-6-25(27)29(32)26-7-3-5-9-28(26)33)30(38)36-31-35-24(19-41-31)18-21-10-12-22(13-11-21)23-14-16-34-17-15-23/h2-17,19,29H,18,20H2,1H3,(H,35,36,38). The fraction of sp³-hybridized carbons (Fsp3) is 0.182. The minimum Gasteiger partial charge on any atom is -0.301 e. The molecule has 3 aliphatic rings. The molecule has 8 rings (SSSR count). The number of amides is 1. The smallest absolute Gasteiger partial charge is 0.273 e. The van der Waals surface area contributed by atoms with Crippen LogP contribution in [0.2, 0.25) is 0 Å². The Hall–Kier alpha value is -4.69. The number of aromatic nitrogens is 2. The molecule has 8 heteroatoms. The minimum atomic E-state index is -1.48. The maximum atomic E-state index is 14.0. The molecule has 1 amide bonds. The van der Waals surface area contributed by atoms with Crippen LogP contribution >= 0.6 is 11.3 Å². The van der Waals surface area contributed by atoms with E-state index in [4.69, 9.17) is 4.98 Å². The van der Waals surface area contributed by atoms with E-state index >= 15 is 0 Å². The van der Waals surface area contributed by atoms with Crippen molar-refractivity contribution in [3.05, 3.63) is 146 Å². The summed E-state index contributed by atoms with van der Waals surface area (Å²) in [6.07, 6.45) is 4.28. The molecular formula is C33H26N4O3S. The van der Waals surface area contributed by atoms with Gasteiger partial charge in [0.05, 0.1) is 11.1 Å². The van der Waals surface area contributed by atoms with Crippen molar-refractivity contribution >= 4 is 22.4 Å². The van der Waals surface area contributed by atoms with Crippen LogP contribution in [0.5, 0.6) is 0 Å². The summed E-state index contributed by atoms with van der Waals surface area (Å²) in [4.78, 5) is 35.5. The second-order valence-corrected chi connectivity index (χ2v) is 11.9. The number of nitrogens with zero attached hydrogens (tertiary/aromatic N) is 3. The molecule has 0 spiro atoms. The molecule has 1 unspecified atom stereocenters. The zero-order valence-electron chi connectivity index (χ0n) is 22.3. The molecule has 0 radical (unpaired) electrons. The monoisotopic (exact) mass is 558 g/mol. The van der Waals surface area contributed by atoms with Crippen LogP contribution in [0, 0.1) is 15.5 Å². The number of nitro groups is 1. The maximum Gasteiger partial charge on any atom is 0.273 e. The molecule has 3 aromatic carbocycles. The summed E-state index contributed by atoms with van der Waals surface area (Å²) in [7, 11) is 0. The lowest BCUT2D eigenvalue weighted by Crippen LogP contribution is -2.57. The number of anilines is 1. The lowest BCUT2D eigenvalue weighted by atomic mass is 9.49. The zero-order valence-corrected chi connectivity index (χ0v) is 23.1. The van der Waals surface area contributed by atoms with Crippen LogP contribution in [0.4, 0.5) is 5.13 Å². The van der Waals surface area contributed by atoms with Crippen molar-refractivity contribution in [1.29, 1.82) is 0 Å². The van der Waals surface area contributed by atoms with Crippen molar-refractivity contribution in [3.8, 4) is 11.1 Å². The Morgan fingerprint density at radius 3 is 2.20 bits per heavy atom. The van der Waals surface area contributed by atoms with Crippen molar-refractivity contribution in [1.82, 2.24) is 9.97 Å². The normalized spacial score (nSPS) is 22.0. The fourth-order valence-corrected chi connectivity index (χ4v) is 7.51. The summed E-state index contributed by atoms with van der Waals surface area (Å²) < 4.78 is 0. The number of fused-ring (bicyclic) bond motifs is 1. The first kappa shape index (κ1) is 25.3. The van der Waals surface area contributed by atoms with Crippen LogP contribution in [0.25, 0.3) is 11.1 Å². The average molecular weight is 559 g/mol. The summed E-state index contributed by atoms with van der Waals surface area (Å²) in [5.74, 6) is -0.546. The Labute approximate surface area is 241 Å². The molecule has 7 nitrogen and oxygen atoms in total. The van der Waals surface area contributed by atoms with Gasteiger partial charge in [-0.3, -0.25) is 19.9 Å². The molecule has 41 heavy (non-hydrogen) atoms. The predicted molar refractivity (Wildman–Crippen MR) is 158 cm³/mol. The quantitative estimate of drug-likeness (QED) is 0.182. The number of benzene rings is 3. The zero-order chi connectivity index (χ0) is 28.2. The van der Waals surface area contributed by atoms with Gasteiger partial charge in [0.1, 0.15) is 0 Å². The van der Waals surface area contributed by atoms with Gasteiger partial charge in [-0.2, -0.15) is 0 Å². The number of carbonyl (C=O) groups excluding carboxylic acids is 1. The van der Waals surface area contributed by atoms with Crippen LogP contribution < -0.4 is 5.32 Å². The first-order chi connectivity index (χ1) is 19.9. The maximum absolute atomic E-state index is 14.0. The molecule has 0 fully saturated rings. The Morgan fingerprint density at radius 2 is 1.56 bits per heavy atom. The predicted octanol–water partition coefficient (Wildman–Crippen LogP) is 6.81. The average Bonchev–Trinajstić information content (AvgIpc) is 3.44. The van der Waals surface area contributed by atoms with Gasteiger partial charge in [-0.15, -0.1) is 11.3 Å². The van der Waals surface area contributed by atoms with Gasteiger partial charge in [-0.25, -0.2) is 4.98 Å². The SMILES string of the molecule is CC1(C(=O)Nc2nc(Cc3ccc(-c4ccncc4)cc3)cs2)CC2([N+](=O)[O-])c3ccccc3C1c1ccccc12. The van der Waals surface area contributed by atoms with E-state index in [1.165, 1.54) is 11.3 Å². The number of hydrogen-bond donors (Lipinski definition) is 1. The van der Waals surface area contributed by atoms with Gasteiger partial charge in [0.15, 0.2) is 5.13 Å². The van der Waals surface area contributed by atoms with Crippen LogP contribution in [0.15, 0.2) is 103 Å². The van der Waals surface area contributed by atoms with Crippen molar-refractivity contribution in [2.24, 2.45) is 5.41 Å². The van der Waals surface area contributed by atoms with E-state index in [0.717, 1.165) is 33.5 Å². The van der Waals surface area contributed by atoms with E-state index < -0.39 is 11.0 Å². The third-order valence-electron chi connectivity index (χ3n) is 8.65. The molecule has 2 bridgehead atoms. The first-order valence-electron chi connectivity index (χ1n) is 13.5. The molecule has 0 saturated heterocycles. The van der Waals surface area contributed by atoms with Crippen LogP contribution in [0.1, 0.15) is 52.8 Å². The largest absolute Gasteiger partial charge is 0.301 e. The van der Waals surface area contributed by atoms with Crippen LogP contribution in [-0.2, 0) is 16.8 Å². The van der Waals surface area contributed by atoms with Crippen molar-refractivity contribution < 1.29 is 9.72 Å². The number of carbonyl (C=O) groups is 1. The van der Waals surface area contributed by atoms with Gasteiger partial charge in [0.25, 0.3) is 5.54 Å². The number of hydrogen-bond acceptors (Lipinski definition) is 6. The van der Waals surface area contributed by atoms with Gasteiger partial charge >= 0.3 is 0 Å². The molecule has 0 saturated carbocycles. The third-order valence-corrected chi connectivity index (χ3v) is 9.46. The summed E-state index contributed by atoms with van der Waals surface area (Å²) >= 11 is 1.37. The molecule has 2 aromatic heterocycles. The second kappa shape index (κ2) is 9.45. The van der Waals surface area contributed by atoms with E-state index in [-0.39, 0.29) is 23.2 Å². The van der Waals surface area contributed by atoms with Crippen molar-refractivity contribution in [3.63, 3.8) is 0 Å². The van der Waals surface area contributed by atoms with Gasteiger partial charge in [-0.1, -0.05) is 72.8 Å². The van der Waals surface area contributed by atoms with Gasteiger partial charge < -0.3 is 5.32 Å². The van der Waals surface area contributed by atoms with E-state index in [1.807, 2.05) is 73.0 Å². The number of pyridine rings is 1.